The van der Waals surface area contributed by atoms with E-state index in [-0.39, 0.29) is 12.5 Å². The Hall–Kier alpha value is -2.24. The zero-order valence-corrected chi connectivity index (χ0v) is 13.5. The van der Waals surface area contributed by atoms with Crippen molar-refractivity contribution >= 4 is 11.9 Å². The Bertz CT molecular complexity index is 513. The second kappa shape index (κ2) is 8.92. The zero-order chi connectivity index (χ0) is 16.5. The molecule has 0 atom stereocenters. The van der Waals surface area contributed by atoms with Gasteiger partial charge in [-0.15, -0.1) is 0 Å². The molecule has 1 N–H and O–H groups in total. The molecule has 0 radical (unpaired) electrons. The van der Waals surface area contributed by atoms with E-state index in [2.05, 4.69) is 19.2 Å². The normalized spacial score (nSPS) is 10.2. The number of carbonyl (C=O) groups excluding carboxylic acids is 2. The lowest BCUT2D eigenvalue weighted by molar-refractivity contribution is -0.123. The first kappa shape index (κ1) is 17.8. The van der Waals surface area contributed by atoms with Gasteiger partial charge in [0.2, 0.25) is 0 Å². The van der Waals surface area contributed by atoms with Crippen molar-refractivity contribution in [2.24, 2.45) is 5.92 Å². The van der Waals surface area contributed by atoms with Crippen molar-refractivity contribution in [3.8, 4) is 11.5 Å². The van der Waals surface area contributed by atoms with E-state index in [4.69, 9.17) is 14.2 Å². The number of nitrogens with one attached hydrogen (secondary N) is 1. The van der Waals surface area contributed by atoms with Gasteiger partial charge >= 0.3 is 5.97 Å². The number of methoxy groups -OCH3 is 1. The van der Waals surface area contributed by atoms with Gasteiger partial charge in [-0.25, -0.2) is 4.79 Å². The largest absolute Gasteiger partial charge is 0.493 e. The third kappa shape index (κ3) is 5.63. The molecular formula is C16H23NO5. The van der Waals surface area contributed by atoms with Gasteiger partial charge in [0.25, 0.3) is 5.91 Å². The molecule has 6 nitrogen and oxygen atoms in total. The summed E-state index contributed by atoms with van der Waals surface area (Å²) in [6.45, 7) is 4.50. The van der Waals surface area contributed by atoms with Crippen LogP contribution in [0.1, 0.15) is 30.6 Å². The SMILES string of the molecule is CNC(=O)COC(=O)c1ccc(OCCC(C)C)c(OC)c1. The minimum absolute atomic E-state index is 0.303. The summed E-state index contributed by atoms with van der Waals surface area (Å²) in [6.07, 6.45) is 0.930. The molecule has 0 bridgehead atoms. The van der Waals surface area contributed by atoms with E-state index in [0.717, 1.165) is 6.42 Å². The van der Waals surface area contributed by atoms with Gasteiger partial charge in [0.05, 0.1) is 19.3 Å². The smallest absolute Gasteiger partial charge is 0.338 e. The Morgan fingerprint density at radius 1 is 1.23 bits per heavy atom. The molecule has 0 fully saturated rings. The van der Waals surface area contributed by atoms with Crippen molar-refractivity contribution in [1.29, 1.82) is 0 Å². The molecule has 0 saturated heterocycles. The Morgan fingerprint density at radius 2 is 1.95 bits per heavy atom. The zero-order valence-electron chi connectivity index (χ0n) is 13.5. The quantitative estimate of drug-likeness (QED) is 0.744. The average molecular weight is 309 g/mol. The fourth-order valence-corrected chi connectivity index (χ4v) is 1.60. The van der Waals surface area contributed by atoms with Crippen LogP contribution in [0.5, 0.6) is 11.5 Å². The summed E-state index contributed by atoms with van der Waals surface area (Å²) in [5.41, 5.74) is 0.303. The Morgan fingerprint density at radius 3 is 2.55 bits per heavy atom. The molecule has 0 aliphatic heterocycles. The molecule has 1 rings (SSSR count). The predicted molar refractivity (Wildman–Crippen MR) is 82.3 cm³/mol. The van der Waals surface area contributed by atoms with E-state index in [9.17, 15) is 9.59 Å². The van der Waals surface area contributed by atoms with Gasteiger partial charge in [-0.3, -0.25) is 4.79 Å². The van der Waals surface area contributed by atoms with Crippen molar-refractivity contribution in [1.82, 2.24) is 5.32 Å². The van der Waals surface area contributed by atoms with Crippen molar-refractivity contribution in [2.45, 2.75) is 20.3 Å². The van der Waals surface area contributed by atoms with Crippen LogP contribution in [0.3, 0.4) is 0 Å². The van der Waals surface area contributed by atoms with Crippen molar-refractivity contribution in [2.75, 3.05) is 27.4 Å². The van der Waals surface area contributed by atoms with Crippen molar-refractivity contribution in [3.05, 3.63) is 23.8 Å². The van der Waals surface area contributed by atoms with Crippen LogP contribution >= 0.6 is 0 Å². The van der Waals surface area contributed by atoms with E-state index in [1.165, 1.54) is 20.2 Å². The summed E-state index contributed by atoms with van der Waals surface area (Å²) in [5.74, 6) is 0.624. The molecule has 0 unspecified atom stereocenters. The lowest BCUT2D eigenvalue weighted by Gasteiger charge is -2.13. The highest BCUT2D eigenvalue weighted by molar-refractivity contribution is 5.92. The molecular weight excluding hydrogens is 286 g/mol. The number of amides is 1. The van der Waals surface area contributed by atoms with Gasteiger partial charge in [-0.05, 0) is 30.5 Å². The number of carbonyl (C=O) groups is 2. The molecule has 22 heavy (non-hydrogen) atoms. The van der Waals surface area contributed by atoms with Crippen LogP contribution in [-0.4, -0.2) is 39.2 Å². The van der Waals surface area contributed by atoms with Crippen LogP contribution in [0.25, 0.3) is 0 Å². The Balaban J connectivity index is 2.70. The molecule has 0 aliphatic rings. The van der Waals surface area contributed by atoms with E-state index in [1.807, 2.05) is 0 Å². The topological polar surface area (TPSA) is 73.9 Å². The van der Waals surface area contributed by atoms with Crippen LogP contribution in [0.4, 0.5) is 0 Å². The number of hydrogen-bond donors (Lipinski definition) is 1. The molecule has 0 aliphatic carbocycles. The van der Waals surface area contributed by atoms with Crippen LogP contribution in [-0.2, 0) is 9.53 Å². The fourth-order valence-electron chi connectivity index (χ4n) is 1.60. The summed E-state index contributed by atoms with van der Waals surface area (Å²) in [4.78, 5) is 22.9. The lowest BCUT2D eigenvalue weighted by Crippen LogP contribution is -2.25. The number of benzene rings is 1. The lowest BCUT2D eigenvalue weighted by atomic mass is 10.1. The van der Waals surface area contributed by atoms with Crippen LogP contribution in [0.15, 0.2) is 18.2 Å². The standard InChI is InChI=1S/C16H23NO5/c1-11(2)7-8-21-13-6-5-12(9-14(13)20-4)16(19)22-10-15(18)17-3/h5-6,9,11H,7-8,10H2,1-4H3,(H,17,18). The van der Waals surface area contributed by atoms with Gasteiger partial charge in [0.15, 0.2) is 18.1 Å². The number of likely N-dealkylation sites (N-methyl/N-ethyl adjacent to an activating group) is 1. The molecule has 0 aromatic heterocycles. The van der Waals surface area contributed by atoms with Gasteiger partial charge in [0.1, 0.15) is 0 Å². The fraction of sp³-hybridized carbons (Fsp3) is 0.500. The first-order valence-corrected chi connectivity index (χ1v) is 7.16. The number of rotatable bonds is 8. The third-order valence-electron chi connectivity index (χ3n) is 2.97. The molecule has 1 aromatic carbocycles. The first-order chi connectivity index (χ1) is 10.5. The monoisotopic (exact) mass is 309 g/mol. The highest BCUT2D eigenvalue weighted by Gasteiger charge is 2.13. The average Bonchev–Trinajstić information content (AvgIpc) is 2.51. The molecule has 0 spiro atoms. The van der Waals surface area contributed by atoms with E-state index in [0.29, 0.717) is 29.6 Å². The maximum absolute atomic E-state index is 11.8. The second-order valence-corrected chi connectivity index (χ2v) is 5.15. The van der Waals surface area contributed by atoms with E-state index in [1.54, 1.807) is 12.1 Å². The molecule has 1 amide bonds. The minimum Gasteiger partial charge on any atom is -0.493 e. The molecule has 1 aromatic rings. The predicted octanol–water partition coefficient (Wildman–Crippen LogP) is 2.02. The summed E-state index contributed by atoms with van der Waals surface area (Å²) in [7, 11) is 2.98. The van der Waals surface area contributed by atoms with Crippen LogP contribution in [0.2, 0.25) is 0 Å². The van der Waals surface area contributed by atoms with Gasteiger partial charge in [-0.2, -0.15) is 0 Å². The van der Waals surface area contributed by atoms with Crippen LogP contribution in [0, 0.1) is 5.92 Å². The van der Waals surface area contributed by atoms with Crippen molar-refractivity contribution in [3.63, 3.8) is 0 Å². The molecule has 122 valence electrons. The maximum Gasteiger partial charge on any atom is 0.338 e. The van der Waals surface area contributed by atoms with Gasteiger partial charge in [0, 0.05) is 7.05 Å². The maximum atomic E-state index is 11.8. The Kier molecular flexibility index (Phi) is 7.22. The number of ether oxygens (including phenoxy) is 3. The third-order valence-corrected chi connectivity index (χ3v) is 2.97. The minimum atomic E-state index is -0.587. The first-order valence-electron chi connectivity index (χ1n) is 7.16. The molecule has 6 heteroatoms. The molecule has 0 heterocycles. The van der Waals surface area contributed by atoms with Gasteiger partial charge in [-0.1, -0.05) is 13.8 Å². The summed E-state index contributed by atoms with van der Waals surface area (Å²) in [6, 6.07) is 4.78. The highest BCUT2D eigenvalue weighted by atomic mass is 16.5. The summed E-state index contributed by atoms with van der Waals surface area (Å²) >= 11 is 0. The highest BCUT2D eigenvalue weighted by Crippen LogP contribution is 2.28. The van der Waals surface area contributed by atoms with E-state index < -0.39 is 5.97 Å². The molecule has 0 saturated carbocycles. The number of hydrogen-bond acceptors (Lipinski definition) is 5. The van der Waals surface area contributed by atoms with Gasteiger partial charge < -0.3 is 19.5 Å². The number of esters is 1. The van der Waals surface area contributed by atoms with E-state index >= 15 is 0 Å². The summed E-state index contributed by atoms with van der Waals surface area (Å²) in [5, 5.41) is 2.37. The summed E-state index contributed by atoms with van der Waals surface area (Å²) < 4.78 is 15.8. The Labute approximate surface area is 130 Å². The second-order valence-electron chi connectivity index (χ2n) is 5.15. The van der Waals surface area contributed by atoms with Crippen molar-refractivity contribution < 1.29 is 23.8 Å². The van der Waals surface area contributed by atoms with Crippen LogP contribution < -0.4 is 14.8 Å².